The van der Waals surface area contributed by atoms with E-state index in [4.69, 9.17) is 8.92 Å². The summed E-state index contributed by atoms with van der Waals surface area (Å²) < 4.78 is 110. The minimum absolute atomic E-state index is 0.0874. The number of H-pyrrole nitrogens is 1. The number of hydrogen-bond acceptors (Lipinski definition) is 5. The lowest BCUT2D eigenvalue weighted by Gasteiger charge is -2.43. The Labute approximate surface area is 265 Å². The molecule has 5 rings (SSSR count). The highest BCUT2D eigenvalue weighted by Crippen LogP contribution is 2.43. The molecule has 1 aliphatic rings. The molecule has 0 spiro atoms. The molecule has 6 nitrogen and oxygen atoms in total. The van der Waals surface area contributed by atoms with Crippen molar-refractivity contribution in [1.82, 2.24) is 9.88 Å². The van der Waals surface area contributed by atoms with Gasteiger partial charge in [0.05, 0.1) is 24.2 Å². The van der Waals surface area contributed by atoms with Crippen molar-refractivity contribution in [3.8, 4) is 5.75 Å². The third-order valence-corrected chi connectivity index (χ3v) is 9.48. The van der Waals surface area contributed by atoms with E-state index < -0.39 is 65.4 Å². The van der Waals surface area contributed by atoms with Crippen LogP contribution in [0.1, 0.15) is 62.0 Å². The number of nitrogens with zero attached hydrogens (tertiary/aromatic N) is 1. The fourth-order valence-corrected chi connectivity index (χ4v) is 6.83. The third-order valence-electron chi connectivity index (χ3n) is 8.15. The predicted octanol–water partition coefficient (Wildman–Crippen LogP) is 8.04. The lowest BCUT2D eigenvalue weighted by Crippen LogP contribution is -2.48. The summed E-state index contributed by atoms with van der Waals surface area (Å²) in [5, 5.41) is 0.924. The number of benzene rings is 3. The van der Waals surface area contributed by atoms with E-state index in [1.54, 1.807) is 24.0 Å². The highest BCUT2D eigenvalue weighted by molar-refractivity contribution is 7.86. The van der Waals surface area contributed by atoms with Gasteiger partial charge in [-0.05, 0) is 57.9 Å². The van der Waals surface area contributed by atoms with Gasteiger partial charge < -0.3 is 9.72 Å². The lowest BCUT2D eigenvalue weighted by molar-refractivity contribution is -0.0349. The second-order valence-electron chi connectivity index (χ2n) is 12.5. The van der Waals surface area contributed by atoms with Gasteiger partial charge in [0.25, 0.3) is 16.0 Å². The second kappa shape index (κ2) is 13.0. The Morgan fingerprint density at radius 1 is 0.957 bits per heavy atom. The number of para-hydroxylation sites is 1. The molecular weight excluding hydrogens is 627 g/mol. The monoisotopic (exact) mass is 664 g/mol. The van der Waals surface area contributed by atoms with E-state index in [1.807, 2.05) is 31.2 Å². The maximum absolute atomic E-state index is 15.8. The van der Waals surface area contributed by atoms with Gasteiger partial charge in [0.1, 0.15) is 23.1 Å². The topological polar surface area (TPSA) is 71.6 Å². The zero-order valence-electron chi connectivity index (χ0n) is 26.0. The summed E-state index contributed by atoms with van der Waals surface area (Å²) in [6.07, 6.45) is -1.20. The number of hydrogen-bond donors (Lipinski definition) is 1. The van der Waals surface area contributed by atoms with Crippen LogP contribution in [0, 0.1) is 18.6 Å². The molecule has 2 heterocycles. The van der Waals surface area contributed by atoms with Gasteiger partial charge in [0, 0.05) is 59.7 Å². The number of alkyl halides is 3. The molecule has 2 atom stereocenters. The second-order valence-corrected chi connectivity index (χ2v) is 14.1. The first-order valence-corrected chi connectivity index (χ1v) is 16.5. The van der Waals surface area contributed by atoms with Crippen LogP contribution in [0.2, 0.25) is 0 Å². The van der Waals surface area contributed by atoms with Crippen LogP contribution in [-0.4, -0.2) is 55.7 Å². The number of ether oxygens (including phenoxy) is 1. The molecule has 1 N–H and O–H groups in total. The van der Waals surface area contributed by atoms with Crippen molar-refractivity contribution in [2.45, 2.75) is 75.5 Å². The zero-order valence-corrected chi connectivity index (χ0v) is 26.9. The van der Waals surface area contributed by atoms with Gasteiger partial charge in [-0.3, -0.25) is 9.08 Å². The van der Waals surface area contributed by atoms with E-state index in [9.17, 15) is 21.6 Å². The molecule has 46 heavy (non-hydrogen) atoms. The minimum Gasteiger partial charge on any atom is -0.493 e. The minimum atomic E-state index is -4.20. The third kappa shape index (κ3) is 7.56. The first-order valence-electron chi connectivity index (χ1n) is 15.0. The summed E-state index contributed by atoms with van der Waals surface area (Å²) in [5.41, 5.74) is 1.14. The fourth-order valence-electron chi connectivity index (χ4n) is 5.92. The van der Waals surface area contributed by atoms with Crippen LogP contribution in [0.3, 0.4) is 0 Å². The average molecular weight is 665 g/mol. The smallest absolute Gasteiger partial charge is 0.296 e. The first-order chi connectivity index (χ1) is 21.5. The molecule has 1 aromatic heterocycles. The Kier molecular flexibility index (Phi) is 9.54. The first kappa shape index (κ1) is 33.9. The summed E-state index contributed by atoms with van der Waals surface area (Å²) in [4.78, 5) is 4.89. The van der Waals surface area contributed by atoms with E-state index in [-0.39, 0.29) is 28.8 Å². The number of fused-ring (bicyclic) bond motifs is 3. The van der Waals surface area contributed by atoms with Gasteiger partial charge in [-0.2, -0.15) is 8.42 Å². The molecule has 0 saturated heterocycles. The Morgan fingerprint density at radius 2 is 1.59 bits per heavy atom. The van der Waals surface area contributed by atoms with Gasteiger partial charge in [0.2, 0.25) is 0 Å². The van der Waals surface area contributed by atoms with Crippen LogP contribution in [-0.2, 0) is 20.7 Å². The number of aromatic nitrogens is 1. The zero-order chi connectivity index (χ0) is 33.4. The largest absolute Gasteiger partial charge is 0.493 e. The average Bonchev–Trinajstić information content (AvgIpc) is 3.31. The van der Waals surface area contributed by atoms with E-state index in [2.05, 4.69) is 4.98 Å². The van der Waals surface area contributed by atoms with Crippen LogP contribution in [0.4, 0.5) is 22.0 Å². The van der Waals surface area contributed by atoms with Gasteiger partial charge in [-0.1, -0.05) is 35.9 Å². The number of halogens is 5. The number of nitrogens with one attached hydrogen (secondary N) is 1. The highest BCUT2D eigenvalue weighted by atomic mass is 32.2. The summed E-state index contributed by atoms with van der Waals surface area (Å²) in [5.74, 6) is -5.57. The van der Waals surface area contributed by atoms with Crippen molar-refractivity contribution in [3.05, 3.63) is 94.7 Å². The van der Waals surface area contributed by atoms with Gasteiger partial charge in [-0.25, -0.2) is 22.0 Å². The summed E-state index contributed by atoms with van der Waals surface area (Å²) in [7, 11) is -4.20. The van der Waals surface area contributed by atoms with Crippen LogP contribution < -0.4 is 4.74 Å². The Morgan fingerprint density at radius 3 is 2.24 bits per heavy atom. The van der Waals surface area contributed by atoms with Gasteiger partial charge in [0.15, 0.2) is 0 Å². The summed E-state index contributed by atoms with van der Waals surface area (Å²) >= 11 is 0. The summed E-state index contributed by atoms with van der Waals surface area (Å²) in [6.45, 7) is 5.04. The van der Waals surface area contributed by atoms with Crippen molar-refractivity contribution >= 4 is 21.0 Å². The van der Waals surface area contributed by atoms with Crippen molar-refractivity contribution in [2.75, 3.05) is 19.8 Å². The molecular formula is C34H37F5N2O4S. The molecule has 248 valence electrons. The maximum atomic E-state index is 15.8. The van der Waals surface area contributed by atoms with E-state index >= 15 is 8.78 Å². The van der Waals surface area contributed by atoms with Crippen LogP contribution in [0.25, 0.3) is 10.9 Å². The van der Waals surface area contributed by atoms with Crippen LogP contribution >= 0.6 is 0 Å². The number of rotatable bonds is 12. The molecule has 0 fully saturated rings. The van der Waals surface area contributed by atoms with Crippen molar-refractivity contribution in [1.29, 1.82) is 0 Å². The normalized spacial score (nSPS) is 17.8. The van der Waals surface area contributed by atoms with Crippen LogP contribution in [0.15, 0.2) is 65.6 Å². The highest BCUT2D eigenvalue weighted by Gasteiger charge is 2.41. The standard InChI is InChI=1S/C34H37F5N2O4S/c1-21-9-11-24(12-10-21)46(42,43)45-16-14-34(38,39)13-15-44-23-18-27(35)30(28(36)19-23)32-31-26(25-7-5-6-8-29(25)40-31)17-22(2)41(32)20-33(3,4)37/h5-12,18-19,22,32,40H,13-17,20H2,1-4H3/t22-,32-/m1/s1. The molecule has 12 heteroatoms. The van der Waals surface area contributed by atoms with Crippen molar-refractivity contribution in [2.24, 2.45) is 0 Å². The fraction of sp³-hybridized carbons (Fsp3) is 0.412. The van der Waals surface area contributed by atoms with Crippen molar-refractivity contribution in [3.63, 3.8) is 0 Å². The molecule has 1 aliphatic heterocycles. The molecule has 0 unspecified atom stereocenters. The van der Waals surface area contributed by atoms with Crippen LogP contribution in [0.5, 0.6) is 5.75 Å². The van der Waals surface area contributed by atoms with Gasteiger partial charge >= 0.3 is 0 Å². The molecule has 0 saturated carbocycles. The SMILES string of the molecule is Cc1ccc(S(=O)(=O)OCCC(F)(F)CCOc2cc(F)c([C@@H]3c4[nH]c5ccccc5c4C[C@@H](C)N3CC(C)(C)F)c(F)c2)cc1. The molecule has 0 amide bonds. The van der Waals surface area contributed by atoms with E-state index in [0.29, 0.717) is 12.1 Å². The Bertz CT molecular complexity index is 1780. The van der Waals surface area contributed by atoms with E-state index in [1.165, 1.54) is 26.0 Å². The Hall–Kier alpha value is -3.48. The predicted molar refractivity (Wildman–Crippen MR) is 166 cm³/mol. The Balaban J connectivity index is 1.30. The molecule has 4 aromatic rings. The molecule has 0 radical (unpaired) electrons. The molecule has 0 aliphatic carbocycles. The lowest BCUT2D eigenvalue weighted by atomic mass is 9.87. The number of aromatic amines is 1. The number of aryl methyl sites for hydroxylation is 1. The van der Waals surface area contributed by atoms with E-state index in [0.717, 1.165) is 34.2 Å². The maximum Gasteiger partial charge on any atom is 0.296 e. The molecule has 3 aromatic carbocycles. The summed E-state index contributed by atoms with van der Waals surface area (Å²) in [6, 6.07) is 14.0. The quantitative estimate of drug-likeness (QED) is 0.123. The van der Waals surface area contributed by atoms with Crippen molar-refractivity contribution < 1.29 is 39.3 Å². The molecule has 0 bridgehead atoms. The van der Waals surface area contributed by atoms with Gasteiger partial charge in [-0.15, -0.1) is 0 Å².